The van der Waals surface area contributed by atoms with Crippen LogP contribution in [0.1, 0.15) is 16.7 Å². The van der Waals surface area contributed by atoms with Crippen molar-refractivity contribution >= 4 is 5.71 Å². The van der Waals surface area contributed by atoms with Crippen LogP contribution in [0.4, 0.5) is 8.78 Å². The molecular formula is C20H15F2N. The minimum atomic E-state index is -0.278. The summed E-state index contributed by atoms with van der Waals surface area (Å²) >= 11 is 0. The monoisotopic (exact) mass is 307 g/mol. The molecule has 1 nitrogen and oxygen atoms in total. The maximum atomic E-state index is 13.2. The highest BCUT2D eigenvalue weighted by molar-refractivity contribution is 6.12. The minimum Gasteiger partial charge on any atom is -0.279 e. The normalized spacial score (nSPS) is 11.5. The summed E-state index contributed by atoms with van der Waals surface area (Å²) in [6.45, 7) is 0.432. The van der Waals surface area contributed by atoms with E-state index in [1.54, 1.807) is 24.3 Å². The maximum Gasteiger partial charge on any atom is 0.123 e. The first-order chi connectivity index (χ1) is 11.2. The fourth-order valence-corrected chi connectivity index (χ4v) is 2.31. The smallest absolute Gasteiger partial charge is 0.123 e. The molecule has 3 aromatic carbocycles. The van der Waals surface area contributed by atoms with E-state index in [0.717, 1.165) is 22.4 Å². The van der Waals surface area contributed by atoms with Crippen molar-refractivity contribution in [2.24, 2.45) is 4.99 Å². The molecule has 3 heteroatoms. The SMILES string of the molecule is Fc1ccc(CN=C(c2ccccc2)c2ccc(F)cc2)cc1. The van der Waals surface area contributed by atoms with Crippen molar-refractivity contribution in [3.05, 3.63) is 107 Å². The molecule has 0 bridgehead atoms. The third-order valence-electron chi connectivity index (χ3n) is 3.50. The Hall–Kier alpha value is -2.81. The van der Waals surface area contributed by atoms with E-state index < -0.39 is 0 Å². The van der Waals surface area contributed by atoms with Crippen LogP contribution in [0.15, 0.2) is 83.9 Å². The van der Waals surface area contributed by atoms with Gasteiger partial charge in [0.15, 0.2) is 0 Å². The van der Waals surface area contributed by atoms with Crippen LogP contribution < -0.4 is 0 Å². The van der Waals surface area contributed by atoms with Crippen molar-refractivity contribution in [2.45, 2.75) is 6.54 Å². The largest absolute Gasteiger partial charge is 0.279 e. The number of aliphatic imine (C=N–C) groups is 1. The zero-order valence-corrected chi connectivity index (χ0v) is 12.4. The molecule has 23 heavy (non-hydrogen) atoms. The number of benzene rings is 3. The molecule has 0 aromatic heterocycles. The lowest BCUT2D eigenvalue weighted by atomic mass is 10.0. The van der Waals surface area contributed by atoms with Gasteiger partial charge in [0.1, 0.15) is 11.6 Å². The van der Waals surface area contributed by atoms with E-state index in [4.69, 9.17) is 0 Å². The van der Waals surface area contributed by atoms with E-state index in [-0.39, 0.29) is 11.6 Å². The highest BCUT2D eigenvalue weighted by Crippen LogP contribution is 2.14. The number of halogens is 2. The molecule has 0 unspecified atom stereocenters. The van der Waals surface area contributed by atoms with E-state index >= 15 is 0 Å². The van der Waals surface area contributed by atoms with Crippen molar-refractivity contribution in [1.29, 1.82) is 0 Å². The Morgan fingerprint density at radius 1 is 0.652 bits per heavy atom. The summed E-state index contributed by atoms with van der Waals surface area (Å²) in [5.74, 6) is -0.542. The zero-order valence-electron chi connectivity index (χ0n) is 12.4. The molecule has 0 N–H and O–H groups in total. The molecule has 3 rings (SSSR count). The van der Waals surface area contributed by atoms with Crippen LogP contribution in [0.2, 0.25) is 0 Å². The Balaban J connectivity index is 1.96. The number of hydrogen-bond donors (Lipinski definition) is 0. The van der Waals surface area contributed by atoms with Gasteiger partial charge in [0.25, 0.3) is 0 Å². The van der Waals surface area contributed by atoms with E-state index in [1.165, 1.54) is 24.3 Å². The summed E-state index contributed by atoms with van der Waals surface area (Å²) < 4.78 is 26.1. The van der Waals surface area contributed by atoms with Gasteiger partial charge in [-0.05, 0) is 42.0 Å². The topological polar surface area (TPSA) is 12.4 Å². The third-order valence-corrected chi connectivity index (χ3v) is 3.50. The van der Waals surface area contributed by atoms with Gasteiger partial charge in [-0.2, -0.15) is 0 Å². The van der Waals surface area contributed by atoms with E-state index in [0.29, 0.717) is 6.54 Å². The van der Waals surface area contributed by atoms with Crippen LogP contribution in [0.3, 0.4) is 0 Å². The Labute approximate surface area is 134 Å². The van der Waals surface area contributed by atoms with Gasteiger partial charge in [-0.3, -0.25) is 4.99 Å². The first-order valence-corrected chi connectivity index (χ1v) is 7.32. The lowest BCUT2D eigenvalue weighted by Gasteiger charge is -2.08. The van der Waals surface area contributed by atoms with Gasteiger partial charge < -0.3 is 0 Å². The Morgan fingerprint density at radius 3 is 1.78 bits per heavy atom. The van der Waals surface area contributed by atoms with Gasteiger partial charge in [0.05, 0.1) is 12.3 Å². The first-order valence-electron chi connectivity index (χ1n) is 7.32. The van der Waals surface area contributed by atoms with Gasteiger partial charge in [0, 0.05) is 11.1 Å². The number of rotatable bonds is 4. The second-order valence-electron chi connectivity index (χ2n) is 5.16. The molecule has 0 atom stereocenters. The Morgan fingerprint density at radius 2 is 1.17 bits per heavy atom. The molecule has 0 aliphatic rings. The van der Waals surface area contributed by atoms with Crippen LogP contribution in [0.25, 0.3) is 0 Å². The summed E-state index contributed by atoms with van der Waals surface area (Å²) in [7, 11) is 0. The van der Waals surface area contributed by atoms with Crippen molar-refractivity contribution < 1.29 is 8.78 Å². The predicted octanol–water partition coefficient (Wildman–Crippen LogP) is 5.00. The lowest BCUT2D eigenvalue weighted by molar-refractivity contribution is 0.627. The maximum absolute atomic E-state index is 13.2. The minimum absolute atomic E-state index is 0.264. The molecule has 0 spiro atoms. The molecule has 0 aliphatic carbocycles. The van der Waals surface area contributed by atoms with Crippen LogP contribution in [-0.4, -0.2) is 5.71 Å². The van der Waals surface area contributed by atoms with Crippen molar-refractivity contribution in [1.82, 2.24) is 0 Å². The average molecular weight is 307 g/mol. The number of hydrogen-bond acceptors (Lipinski definition) is 1. The van der Waals surface area contributed by atoms with Crippen LogP contribution in [0.5, 0.6) is 0 Å². The summed E-state index contributed by atoms with van der Waals surface area (Å²) in [6.07, 6.45) is 0. The highest BCUT2D eigenvalue weighted by Gasteiger charge is 2.07. The van der Waals surface area contributed by atoms with Gasteiger partial charge in [-0.25, -0.2) is 8.78 Å². The van der Waals surface area contributed by atoms with Crippen molar-refractivity contribution in [3.63, 3.8) is 0 Å². The van der Waals surface area contributed by atoms with Gasteiger partial charge >= 0.3 is 0 Å². The summed E-state index contributed by atoms with van der Waals surface area (Å²) in [4.78, 5) is 4.67. The lowest BCUT2D eigenvalue weighted by Crippen LogP contribution is -2.04. The molecule has 0 amide bonds. The van der Waals surface area contributed by atoms with Crippen LogP contribution in [0, 0.1) is 11.6 Å². The quantitative estimate of drug-likeness (QED) is 0.601. The molecule has 114 valence electrons. The van der Waals surface area contributed by atoms with E-state index in [9.17, 15) is 8.78 Å². The van der Waals surface area contributed by atoms with Gasteiger partial charge in [-0.15, -0.1) is 0 Å². The van der Waals surface area contributed by atoms with Gasteiger partial charge in [-0.1, -0.05) is 42.5 Å². The molecule has 0 saturated carbocycles. The van der Waals surface area contributed by atoms with Crippen LogP contribution >= 0.6 is 0 Å². The summed E-state index contributed by atoms with van der Waals surface area (Å²) in [5, 5.41) is 0. The predicted molar refractivity (Wildman–Crippen MR) is 88.6 cm³/mol. The first kappa shape index (κ1) is 15.1. The van der Waals surface area contributed by atoms with E-state index in [1.807, 2.05) is 30.3 Å². The molecule has 0 heterocycles. The average Bonchev–Trinajstić information content (AvgIpc) is 2.59. The molecule has 0 saturated heterocycles. The molecular weight excluding hydrogens is 292 g/mol. The van der Waals surface area contributed by atoms with Crippen molar-refractivity contribution in [2.75, 3.05) is 0 Å². The van der Waals surface area contributed by atoms with E-state index in [2.05, 4.69) is 4.99 Å². The second kappa shape index (κ2) is 6.97. The molecule has 3 aromatic rings. The summed E-state index contributed by atoms with van der Waals surface area (Å²) in [6, 6.07) is 22.3. The Kier molecular flexibility index (Phi) is 4.57. The highest BCUT2D eigenvalue weighted by atomic mass is 19.1. The summed E-state index contributed by atoms with van der Waals surface area (Å²) in [5.41, 5.74) is 3.51. The van der Waals surface area contributed by atoms with Gasteiger partial charge in [0.2, 0.25) is 0 Å². The van der Waals surface area contributed by atoms with Crippen LogP contribution in [-0.2, 0) is 6.54 Å². The standard InChI is InChI=1S/C20H15F2N/c21-18-10-6-15(7-11-18)14-23-20(16-4-2-1-3-5-16)17-8-12-19(22)13-9-17/h1-13H,14H2. The van der Waals surface area contributed by atoms with Crippen molar-refractivity contribution in [3.8, 4) is 0 Å². The fourth-order valence-electron chi connectivity index (χ4n) is 2.31. The fraction of sp³-hybridized carbons (Fsp3) is 0.0500. The Bertz CT molecular complexity index is 791. The zero-order chi connectivity index (χ0) is 16.1. The third kappa shape index (κ3) is 3.89. The molecule has 0 aliphatic heterocycles. The second-order valence-corrected chi connectivity index (χ2v) is 5.16. The molecule has 0 radical (unpaired) electrons. The number of nitrogens with zero attached hydrogens (tertiary/aromatic N) is 1. The molecule has 0 fully saturated rings.